The van der Waals surface area contributed by atoms with Crippen molar-refractivity contribution in [3.8, 4) is 0 Å². The number of rotatable bonds is 6. The van der Waals surface area contributed by atoms with E-state index in [1.807, 2.05) is 6.07 Å². The van der Waals surface area contributed by atoms with E-state index < -0.39 is 29.4 Å². The molecule has 2 aromatic rings. The first-order valence-electron chi connectivity index (χ1n) is 9.23. The summed E-state index contributed by atoms with van der Waals surface area (Å²) in [4.78, 5) is 39.9. The Morgan fingerprint density at radius 2 is 1.69 bits per heavy atom. The second-order valence-electron chi connectivity index (χ2n) is 6.94. The van der Waals surface area contributed by atoms with Gasteiger partial charge in [0, 0.05) is 37.9 Å². The molecule has 6 nitrogen and oxygen atoms in total. The smallest absolute Gasteiger partial charge is 0.316 e. The van der Waals surface area contributed by atoms with Gasteiger partial charge in [0.15, 0.2) is 0 Å². The molecule has 8 heteroatoms. The molecule has 0 radical (unpaired) electrons. The van der Waals surface area contributed by atoms with E-state index in [1.165, 1.54) is 9.80 Å². The molecule has 0 bridgehead atoms. The number of hydrogen-bond donors (Lipinski definition) is 1. The standard InChI is InChI=1S/C21H21F2N3O3/c1-14(19(27)24-12-15-9-16(22)11-17(23)10-15)13-25-7-8-26(21(29)20(25)28)18-5-3-2-4-6-18/h2-6,9-11,14H,7-8,12-13H2,1H3,(H,24,27). The molecule has 1 unspecified atom stereocenters. The average molecular weight is 401 g/mol. The fraction of sp³-hybridized carbons (Fsp3) is 0.286. The lowest BCUT2D eigenvalue weighted by Crippen LogP contribution is -2.56. The molecule has 1 heterocycles. The SMILES string of the molecule is CC(CN1CCN(c2ccccc2)C(=O)C1=O)C(=O)NCc1cc(F)cc(F)c1. The van der Waals surface area contributed by atoms with Gasteiger partial charge in [0.2, 0.25) is 5.91 Å². The Balaban J connectivity index is 1.55. The number of benzene rings is 2. The topological polar surface area (TPSA) is 69.7 Å². The third-order valence-corrected chi connectivity index (χ3v) is 4.71. The molecule has 1 atom stereocenters. The highest BCUT2D eigenvalue weighted by Crippen LogP contribution is 2.18. The van der Waals surface area contributed by atoms with E-state index in [4.69, 9.17) is 0 Å². The molecule has 1 fully saturated rings. The summed E-state index contributed by atoms with van der Waals surface area (Å²) in [5.74, 6) is -3.70. The second kappa shape index (κ2) is 8.81. The number of nitrogens with zero attached hydrogens (tertiary/aromatic N) is 2. The maximum Gasteiger partial charge on any atom is 0.316 e. The summed E-state index contributed by atoms with van der Waals surface area (Å²) < 4.78 is 26.4. The molecule has 0 saturated carbocycles. The fourth-order valence-electron chi connectivity index (χ4n) is 3.19. The van der Waals surface area contributed by atoms with Crippen LogP contribution in [0.1, 0.15) is 12.5 Å². The lowest BCUT2D eigenvalue weighted by Gasteiger charge is -2.34. The maximum atomic E-state index is 13.2. The van der Waals surface area contributed by atoms with Gasteiger partial charge in [-0.2, -0.15) is 0 Å². The van der Waals surface area contributed by atoms with Crippen LogP contribution in [0.3, 0.4) is 0 Å². The van der Waals surface area contributed by atoms with E-state index in [9.17, 15) is 23.2 Å². The summed E-state index contributed by atoms with van der Waals surface area (Å²) in [5.41, 5.74) is 0.949. The van der Waals surface area contributed by atoms with Gasteiger partial charge in [0.05, 0.1) is 5.92 Å². The number of anilines is 1. The highest BCUT2D eigenvalue weighted by atomic mass is 19.1. The van der Waals surface area contributed by atoms with Gasteiger partial charge >= 0.3 is 11.8 Å². The molecule has 152 valence electrons. The number of carbonyl (C=O) groups excluding carboxylic acids is 3. The van der Waals surface area contributed by atoms with Crippen molar-refractivity contribution in [1.29, 1.82) is 0 Å². The molecule has 0 spiro atoms. The Morgan fingerprint density at radius 3 is 2.34 bits per heavy atom. The van der Waals surface area contributed by atoms with Crippen molar-refractivity contribution in [3.63, 3.8) is 0 Å². The number of nitrogens with one attached hydrogen (secondary N) is 1. The Labute approximate surface area is 167 Å². The fourth-order valence-corrected chi connectivity index (χ4v) is 3.19. The Morgan fingerprint density at radius 1 is 1.03 bits per heavy atom. The van der Waals surface area contributed by atoms with Crippen LogP contribution >= 0.6 is 0 Å². The van der Waals surface area contributed by atoms with Crippen LogP contribution in [-0.4, -0.2) is 42.3 Å². The van der Waals surface area contributed by atoms with Crippen molar-refractivity contribution in [2.45, 2.75) is 13.5 Å². The number of hydrogen-bond acceptors (Lipinski definition) is 3. The van der Waals surface area contributed by atoms with Crippen molar-refractivity contribution >= 4 is 23.4 Å². The number of amides is 3. The highest BCUT2D eigenvalue weighted by Gasteiger charge is 2.34. The van der Waals surface area contributed by atoms with Crippen molar-refractivity contribution in [3.05, 3.63) is 65.7 Å². The molecule has 3 amide bonds. The summed E-state index contributed by atoms with van der Waals surface area (Å²) in [6.07, 6.45) is 0. The Hall–Kier alpha value is -3.29. The summed E-state index contributed by atoms with van der Waals surface area (Å²) in [5, 5.41) is 2.60. The Bertz CT molecular complexity index is 900. The van der Waals surface area contributed by atoms with Crippen LogP contribution in [0.5, 0.6) is 0 Å². The van der Waals surface area contributed by atoms with E-state index in [-0.39, 0.29) is 19.0 Å². The monoisotopic (exact) mass is 401 g/mol. The molecule has 1 aliphatic rings. The zero-order valence-electron chi connectivity index (χ0n) is 15.9. The average Bonchev–Trinajstić information content (AvgIpc) is 2.69. The third kappa shape index (κ3) is 4.96. The Kier molecular flexibility index (Phi) is 6.21. The van der Waals surface area contributed by atoms with Crippen LogP contribution in [0.4, 0.5) is 14.5 Å². The summed E-state index contributed by atoms with van der Waals surface area (Å²) in [6.45, 7) is 2.32. The van der Waals surface area contributed by atoms with Crippen molar-refractivity contribution < 1.29 is 23.2 Å². The van der Waals surface area contributed by atoms with Crippen LogP contribution in [0.25, 0.3) is 0 Å². The van der Waals surface area contributed by atoms with Gasteiger partial charge in [-0.05, 0) is 29.8 Å². The van der Waals surface area contributed by atoms with Crippen LogP contribution in [0.15, 0.2) is 48.5 Å². The van der Waals surface area contributed by atoms with E-state index in [0.29, 0.717) is 24.3 Å². The predicted octanol–water partition coefficient (Wildman–Crippen LogP) is 2.09. The highest BCUT2D eigenvalue weighted by molar-refractivity contribution is 6.41. The minimum Gasteiger partial charge on any atom is -0.352 e. The molecule has 1 N–H and O–H groups in total. The first-order valence-corrected chi connectivity index (χ1v) is 9.23. The lowest BCUT2D eigenvalue weighted by atomic mass is 10.1. The van der Waals surface area contributed by atoms with Crippen LogP contribution < -0.4 is 10.2 Å². The lowest BCUT2D eigenvalue weighted by molar-refractivity contribution is -0.147. The zero-order valence-corrected chi connectivity index (χ0v) is 15.9. The van der Waals surface area contributed by atoms with Crippen LogP contribution in [-0.2, 0) is 20.9 Å². The minimum atomic E-state index is -0.720. The molecular formula is C21H21F2N3O3. The van der Waals surface area contributed by atoms with E-state index >= 15 is 0 Å². The van der Waals surface area contributed by atoms with Crippen LogP contribution in [0, 0.1) is 17.6 Å². The molecule has 2 aromatic carbocycles. The maximum absolute atomic E-state index is 13.2. The summed E-state index contributed by atoms with van der Waals surface area (Å²) in [6, 6.07) is 11.9. The van der Waals surface area contributed by atoms with E-state index in [2.05, 4.69) is 5.32 Å². The number of carbonyl (C=O) groups is 3. The molecule has 0 aromatic heterocycles. The summed E-state index contributed by atoms with van der Waals surface area (Å²) >= 11 is 0. The normalized spacial score (nSPS) is 15.4. The van der Waals surface area contributed by atoms with Crippen molar-refractivity contribution in [2.24, 2.45) is 5.92 Å². The van der Waals surface area contributed by atoms with E-state index in [1.54, 1.807) is 31.2 Å². The van der Waals surface area contributed by atoms with Crippen molar-refractivity contribution in [1.82, 2.24) is 10.2 Å². The number of piperazine rings is 1. The van der Waals surface area contributed by atoms with Gasteiger partial charge in [-0.1, -0.05) is 25.1 Å². The molecule has 1 aliphatic heterocycles. The molecule has 29 heavy (non-hydrogen) atoms. The van der Waals surface area contributed by atoms with Crippen LogP contribution in [0.2, 0.25) is 0 Å². The molecule has 3 rings (SSSR count). The zero-order chi connectivity index (χ0) is 21.0. The molecular weight excluding hydrogens is 380 g/mol. The number of halogens is 2. The first-order chi connectivity index (χ1) is 13.8. The summed E-state index contributed by atoms with van der Waals surface area (Å²) in [7, 11) is 0. The number of para-hydroxylation sites is 1. The minimum absolute atomic E-state index is 0.0352. The third-order valence-electron chi connectivity index (χ3n) is 4.71. The van der Waals surface area contributed by atoms with E-state index in [0.717, 1.165) is 18.2 Å². The van der Waals surface area contributed by atoms with Gasteiger partial charge in [-0.15, -0.1) is 0 Å². The van der Waals surface area contributed by atoms with Crippen molar-refractivity contribution in [2.75, 3.05) is 24.5 Å². The van der Waals surface area contributed by atoms with Gasteiger partial charge in [0.1, 0.15) is 11.6 Å². The van der Waals surface area contributed by atoms with Gasteiger partial charge < -0.3 is 15.1 Å². The molecule has 1 saturated heterocycles. The predicted molar refractivity (Wildman–Crippen MR) is 103 cm³/mol. The first kappa shape index (κ1) is 20.4. The molecule has 0 aliphatic carbocycles. The quantitative estimate of drug-likeness (QED) is 0.754. The van der Waals surface area contributed by atoms with Gasteiger partial charge in [-0.3, -0.25) is 14.4 Å². The van der Waals surface area contributed by atoms with Gasteiger partial charge in [0.25, 0.3) is 0 Å². The largest absolute Gasteiger partial charge is 0.352 e. The van der Waals surface area contributed by atoms with Gasteiger partial charge in [-0.25, -0.2) is 8.78 Å². The second-order valence-corrected chi connectivity index (χ2v) is 6.94.